The van der Waals surface area contributed by atoms with Crippen LogP contribution < -0.4 is 14.2 Å². The van der Waals surface area contributed by atoms with Crippen LogP contribution in [0.4, 0.5) is 4.39 Å². The Morgan fingerprint density at radius 1 is 0.529 bits per heavy atom. The smallest absolute Gasteiger partial charge is 0.343 e. The van der Waals surface area contributed by atoms with Gasteiger partial charge in [0, 0.05) is 24.6 Å². The molecule has 0 saturated carbocycles. The summed E-state index contributed by atoms with van der Waals surface area (Å²) in [5.41, 5.74) is 0.933. The van der Waals surface area contributed by atoms with Gasteiger partial charge in [-0.2, -0.15) is 0 Å². The highest BCUT2D eigenvalue weighted by Crippen LogP contribution is 2.21. The first-order valence-corrected chi connectivity index (χ1v) is 17.0. The van der Waals surface area contributed by atoms with Gasteiger partial charge >= 0.3 is 23.9 Å². The van der Waals surface area contributed by atoms with E-state index < -0.39 is 29.7 Å². The largest absolute Gasteiger partial charge is 0.494 e. The Hall–Kier alpha value is -5.45. The average molecular weight is 705 g/mol. The van der Waals surface area contributed by atoms with E-state index in [1.165, 1.54) is 12.1 Å². The van der Waals surface area contributed by atoms with Crippen LogP contribution in [0.3, 0.4) is 0 Å². The van der Waals surface area contributed by atoms with Gasteiger partial charge in [-0.25, -0.2) is 23.6 Å². The maximum atomic E-state index is 14.8. The Morgan fingerprint density at radius 2 is 0.980 bits per heavy atom. The highest BCUT2D eigenvalue weighted by molar-refractivity contribution is 5.91. The molecule has 0 bridgehead atoms. The summed E-state index contributed by atoms with van der Waals surface area (Å²) in [4.78, 5) is 47.1. The second kappa shape index (κ2) is 23.0. The summed E-state index contributed by atoms with van der Waals surface area (Å²) in [5, 5.41) is 0. The van der Waals surface area contributed by atoms with Crippen LogP contribution in [-0.4, -0.2) is 56.9 Å². The Kier molecular flexibility index (Phi) is 18.1. The Bertz CT molecular complexity index is 1570. The maximum Gasteiger partial charge on any atom is 0.343 e. The third kappa shape index (κ3) is 15.8. The fourth-order valence-corrected chi connectivity index (χ4v) is 4.63. The van der Waals surface area contributed by atoms with E-state index in [9.17, 15) is 23.6 Å². The van der Waals surface area contributed by atoms with Gasteiger partial charge in [0.05, 0.1) is 44.2 Å². The van der Waals surface area contributed by atoms with Crippen LogP contribution in [0.25, 0.3) is 0 Å². The molecule has 3 aromatic rings. The number of ether oxygens (including phenoxy) is 6. The molecular formula is C40H45FO10. The van der Waals surface area contributed by atoms with Crippen LogP contribution in [0, 0.1) is 5.82 Å². The lowest BCUT2D eigenvalue weighted by Gasteiger charge is -2.10. The molecule has 272 valence electrons. The first-order valence-electron chi connectivity index (χ1n) is 17.0. The van der Waals surface area contributed by atoms with Gasteiger partial charge in [0.15, 0.2) is 0 Å². The van der Waals surface area contributed by atoms with Gasteiger partial charge in [-0.15, -0.1) is 0 Å². The first-order chi connectivity index (χ1) is 24.8. The molecule has 0 N–H and O–H groups in total. The summed E-state index contributed by atoms with van der Waals surface area (Å²) in [5.74, 6) is -1.32. The topological polar surface area (TPSA) is 124 Å². The molecule has 0 aromatic heterocycles. The van der Waals surface area contributed by atoms with Crippen LogP contribution in [0.15, 0.2) is 92.0 Å². The molecule has 0 amide bonds. The van der Waals surface area contributed by atoms with E-state index in [1.807, 2.05) is 0 Å². The predicted octanol–water partition coefficient (Wildman–Crippen LogP) is 7.78. The van der Waals surface area contributed by atoms with Crippen molar-refractivity contribution in [3.05, 3.63) is 115 Å². The highest BCUT2D eigenvalue weighted by atomic mass is 19.1. The molecule has 0 aliphatic rings. The van der Waals surface area contributed by atoms with Crippen molar-refractivity contribution in [2.45, 2.75) is 57.8 Å². The zero-order valence-electron chi connectivity index (χ0n) is 28.8. The lowest BCUT2D eigenvalue weighted by atomic mass is 10.1. The van der Waals surface area contributed by atoms with Gasteiger partial charge in [-0.05, 0) is 112 Å². The molecule has 10 nitrogen and oxygen atoms in total. The number of halogens is 1. The standard InChI is InChI=1S/C40H45FO10/c1-3-37(42)48-26-11-7-5-9-24-46-33-18-14-31(15-19-33)39(44)50-28-23-30-13-22-35(29-36(30)41)51-40(45)32-16-20-34(21-17-32)47-25-10-6-8-12-27-49-38(43)4-2/h3-4,13-22,29H,1-2,5-12,23-28H2. The van der Waals surface area contributed by atoms with E-state index in [2.05, 4.69) is 13.2 Å². The molecule has 0 fully saturated rings. The number of hydrogen-bond donors (Lipinski definition) is 0. The van der Waals surface area contributed by atoms with Crippen molar-refractivity contribution < 1.29 is 52.0 Å². The fourth-order valence-electron chi connectivity index (χ4n) is 4.63. The average Bonchev–Trinajstić information content (AvgIpc) is 3.14. The summed E-state index contributed by atoms with van der Waals surface area (Å²) in [6.07, 6.45) is 9.32. The monoisotopic (exact) mass is 704 g/mol. The molecule has 0 atom stereocenters. The van der Waals surface area contributed by atoms with Gasteiger partial charge in [0.1, 0.15) is 23.1 Å². The van der Waals surface area contributed by atoms with Crippen molar-refractivity contribution in [1.82, 2.24) is 0 Å². The van der Waals surface area contributed by atoms with Crippen LogP contribution in [0.1, 0.15) is 77.6 Å². The van der Waals surface area contributed by atoms with Crippen LogP contribution >= 0.6 is 0 Å². The Morgan fingerprint density at radius 3 is 1.45 bits per heavy atom. The van der Waals surface area contributed by atoms with Crippen molar-refractivity contribution in [1.29, 1.82) is 0 Å². The van der Waals surface area contributed by atoms with Gasteiger partial charge in [-0.1, -0.05) is 19.2 Å². The van der Waals surface area contributed by atoms with Gasteiger partial charge in [-0.3, -0.25) is 0 Å². The highest BCUT2D eigenvalue weighted by Gasteiger charge is 2.13. The molecule has 11 heteroatoms. The summed E-state index contributed by atoms with van der Waals surface area (Å²) >= 11 is 0. The minimum atomic E-state index is -0.642. The Labute approximate surface area is 298 Å². The van der Waals surface area contributed by atoms with Gasteiger partial charge in [0.2, 0.25) is 0 Å². The number of unbranched alkanes of at least 4 members (excludes halogenated alkanes) is 6. The molecule has 0 radical (unpaired) electrons. The van der Waals surface area contributed by atoms with Crippen molar-refractivity contribution in [2.24, 2.45) is 0 Å². The molecule has 0 aliphatic heterocycles. The number of esters is 4. The van der Waals surface area contributed by atoms with Crippen molar-refractivity contribution >= 4 is 23.9 Å². The number of benzene rings is 3. The number of carbonyl (C=O) groups excluding carboxylic acids is 4. The Balaban J connectivity index is 1.30. The van der Waals surface area contributed by atoms with Crippen molar-refractivity contribution in [3.8, 4) is 17.2 Å². The number of rotatable bonds is 24. The summed E-state index contributed by atoms with van der Waals surface area (Å²) < 4.78 is 46.7. The minimum absolute atomic E-state index is 0.0401. The van der Waals surface area contributed by atoms with Crippen LogP contribution in [0.5, 0.6) is 17.2 Å². The molecule has 0 spiro atoms. The molecular weight excluding hydrogens is 659 g/mol. The fraction of sp³-hybridized carbons (Fsp3) is 0.350. The van der Waals surface area contributed by atoms with Crippen LogP contribution in [-0.2, 0) is 30.2 Å². The van der Waals surface area contributed by atoms with E-state index in [4.69, 9.17) is 28.4 Å². The van der Waals surface area contributed by atoms with Crippen molar-refractivity contribution in [3.63, 3.8) is 0 Å². The lowest BCUT2D eigenvalue weighted by molar-refractivity contribution is -0.138. The third-order valence-electron chi connectivity index (χ3n) is 7.46. The SMILES string of the molecule is C=CC(=O)OCCCCCCOc1ccc(C(=O)OCCc2ccc(OC(=O)c3ccc(OCCCCCCOC(=O)C=C)cc3)cc2F)cc1. The number of carbonyl (C=O) groups is 4. The third-order valence-corrected chi connectivity index (χ3v) is 7.46. The number of hydrogen-bond acceptors (Lipinski definition) is 10. The van der Waals surface area contributed by atoms with Gasteiger partial charge in [0.25, 0.3) is 0 Å². The molecule has 0 aliphatic carbocycles. The summed E-state index contributed by atoms with van der Waals surface area (Å²) in [6, 6.07) is 17.2. The molecule has 0 unspecified atom stereocenters. The van der Waals surface area contributed by atoms with Crippen LogP contribution in [0.2, 0.25) is 0 Å². The molecule has 3 aromatic carbocycles. The molecule has 3 rings (SSSR count). The minimum Gasteiger partial charge on any atom is -0.494 e. The van der Waals surface area contributed by atoms with E-state index in [0.717, 1.165) is 69.6 Å². The van der Waals surface area contributed by atoms with Gasteiger partial charge < -0.3 is 28.4 Å². The van der Waals surface area contributed by atoms with E-state index in [-0.39, 0.29) is 24.3 Å². The quantitative estimate of drug-likeness (QED) is 0.0300. The summed E-state index contributed by atoms with van der Waals surface area (Å²) in [7, 11) is 0. The zero-order chi connectivity index (χ0) is 36.7. The molecule has 51 heavy (non-hydrogen) atoms. The lowest BCUT2D eigenvalue weighted by Crippen LogP contribution is -2.10. The van der Waals surface area contributed by atoms with Crippen molar-refractivity contribution in [2.75, 3.05) is 33.0 Å². The molecule has 0 saturated heterocycles. The zero-order valence-corrected chi connectivity index (χ0v) is 28.8. The second-order valence-electron chi connectivity index (χ2n) is 11.3. The second-order valence-corrected chi connectivity index (χ2v) is 11.3. The predicted molar refractivity (Wildman–Crippen MR) is 188 cm³/mol. The summed E-state index contributed by atoms with van der Waals surface area (Å²) in [6.45, 7) is 8.44. The van der Waals surface area contributed by atoms with E-state index in [1.54, 1.807) is 48.5 Å². The van der Waals surface area contributed by atoms with E-state index in [0.29, 0.717) is 49.1 Å². The molecule has 0 heterocycles. The maximum absolute atomic E-state index is 14.8. The van der Waals surface area contributed by atoms with E-state index >= 15 is 0 Å². The first kappa shape index (κ1) is 40.0. The normalized spacial score (nSPS) is 10.5.